The van der Waals surface area contributed by atoms with Gasteiger partial charge in [-0.25, -0.2) is 0 Å². The molecule has 2 aliphatic heterocycles. The Bertz CT molecular complexity index is 808. The van der Waals surface area contributed by atoms with Crippen LogP contribution in [0.1, 0.15) is 45.6 Å². The lowest BCUT2D eigenvalue weighted by atomic mass is 9.94. The number of hydrogen-bond acceptors (Lipinski definition) is 3. The molecular weight excluding hydrogens is 430 g/mol. The number of nitrogens with zero attached hydrogens (tertiary/aromatic N) is 2. The predicted molar refractivity (Wildman–Crippen MR) is 110 cm³/mol. The number of allylic oxidation sites excluding steroid dienone is 1. The first-order chi connectivity index (χ1) is 13.3. The number of likely N-dealkylation sites (tertiary alicyclic amines) is 1. The van der Waals surface area contributed by atoms with E-state index in [1.54, 1.807) is 18.3 Å². The fourth-order valence-electron chi connectivity index (χ4n) is 3.64. The zero-order valence-corrected chi connectivity index (χ0v) is 17.9. The van der Waals surface area contributed by atoms with Crippen LogP contribution in [0.4, 0.5) is 8.78 Å². The minimum Gasteiger partial charge on any atom is -0.434 e. The Hall–Kier alpha value is -1.76. The maximum absolute atomic E-state index is 12.9. The van der Waals surface area contributed by atoms with Crippen molar-refractivity contribution in [3.05, 3.63) is 34.4 Å². The topological polar surface area (TPSA) is 41.9 Å². The Morgan fingerprint density at radius 2 is 2.07 bits per heavy atom. The molecule has 1 aromatic rings. The first-order valence-electron chi connectivity index (χ1n) is 9.58. The SMILES string of the molecule is CC(C)[C@H](C)C(=O)N1CCC[C@H]1C1=NC=C(c2ccc(Br)c(OC(F)F)c2)C1. The van der Waals surface area contributed by atoms with E-state index in [9.17, 15) is 13.6 Å². The van der Waals surface area contributed by atoms with Crippen LogP contribution in [-0.2, 0) is 4.79 Å². The van der Waals surface area contributed by atoms with E-state index in [4.69, 9.17) is 0 Å². The van der Waals surface area contributed by atoms with Gasteiger partial charge in [0.25, 0.3) is 0 Å². The van der Waals surface area contributed by atoms with Crippen LogP contribution in [0.15, 0.2) is 33.9 Å². The molecule has 0 unspecified atom stereocenters. The van der Waals surface area contributed by atoms with Crippen molar-refractivity contribution in [2.24, 2.45) is 16.8 Å². The molecule has 1 saturated heterocycles. The summed E-state index contributed by atoms with van der Waals surface area (Å²) in [5.74, 6) is 0.565. The first kappa shape index (κ1) is 21.0. The number of halogens is 3. The van der Waals surface area contributed by atoms with Crippen LogP contribution in [0.3, 0.4) is 0 Å². The van der Waals surface area contributed by atoms with Gasteiger partial charge in [-0.15, -0.1) is 0 Å². The van der Waals surface area contributed by atoms with E-state index in [2.05, 4.69) is 39.5 Å². The van der Waals surface area contributed by atoms with Crippen LogP contribution in [-0.4, -0.2) is 35.7 Å². The number of alkyl halides is 2. The highest BCUT2D eigenvalue weighted by Gasteiger charge is 2.36. The lowest BCUT2D eigenvalue weighted by Gasteiger charge is -2.29. The molecule has 152 valence electrons. The summed E-state index contributed by atoms with van der Waals surface area (Å²) in [5, 5.41) is 0. The molecule has 0 spiro atoms. The highest BCUT2D eigenvalue weighted by atomic mass is 79.9. The normalized spacial score (nSPS) is 20.6. The van der Waals surface area contributed by atoms with Crippen LogP contribution in [0, 0.1) is 11.8 Å². The smallest absolute Gasteiger partial charge is 0.387 e. The molecule has 0 saturated carbocycles. The quantitative estimate of drug-likeness (QED) is 0.567. The summed E-state index contributed by atoms with van der Waals surface area (Å²) in [6, 6.07) is 5.17. The minimum atomic E-state index is -2.88. The molecule has 28 heavy (non-hydrogen) atoms. The van der Waals surface area contributed by atoms with E-state index in [1.807, 2.05) is 17.9 Å². The molecule has 1 fully saturated rings. The minimum absolute atomic E-state index is 0.0180. The van der Waals surface area contributed by atoms with Crippen molar-refractivity contribution in [3.8, 4) is 5.75 Å². The molecule has 1 amide bonds. The summed E-state index contributed by atoms with van der Waals surface area (Å²) in [4.78, 5) is 19.4. The van der Waals surface area contributed by atoms with Crippen molar-refractivity contribution in [2.45, 2.75) is 52.7 Å². The highest BCUT2D eigenvalue weighted by molar-refractivity contribution is 9.10. The van der Waals surface area contributed by atoms with Gasteiger partial charge < -0.3 is 9.64 Å². The van der Waals surface area contributed by atoms with Crippen molar-refractivity contribution in [1.29, 1.82) is 0 Å². The molecule has 7 heteroatoms. The van der Waals surface area contributed by atoms with Crippen LogP contribution in [0.5, 0.6) is 5.75 Å². The lowest BCUT2D eigenvalue weighted by molar-refractivity contribution is -0.136. The van der Waals surface area contributed by atoms with Crippen molar-refractivity contribution in [3.63, 3.8) is 0 Å². The Morgan fingerprint density at radius 1 is 1.32 bits per heavy atom. The number of benzene rings is 1. The van der Waals surface area contributed by atoms with E-state index < -0.39 is 6.61 Å². The largest absolute Gasteiger partial charge is 0.434 e. The van der Waals surface area contributed by atoms with Gasteiger partial charge in [-0.1, -0.05) is 26.8 Å². The maximum atomic E-state index is 12.9. The second kappa shape index (κ2) is 8.72. The molecule has 0 aromatic heterocycles. The molecule has 3 rings (SSSR count). The van der Waals surface area contributed by atoms with E-state index in [-0.39, 0.29) is 23.6 Å². The number of ether oxygens (including phenoxy) is 1. The molecule has 0 aliphatic carbocycles. The van der Waals surface area contributed by atoms with Crippen LogP contribution in [0.2, 0.25) is 0 Å². The summed E-state index contributed by atoms with van der Waals surface area (Å²) >= 11 is 3.23. The van der Waals surface area contributed by atoms with Gasteiger partial charge in [0.1, 0.15) is 5.75 Å². The van der Waals surface area contributed by atoms with E-state index in [0.717, 1.165) is 36.2 Å². The number of carbonyl (C=O) groups excluding carboxylic acids is 1. The lowest BCUT2D eigenvalue weighted by Crippen LogP contribution is -2.43. The first-order valence-corrected chi connectivity index (χ1v) is 10.4. The number of carbonyl (C=O) groups is 1. The second-order valence-corrected chi connectivity index (χ2v) is 8.55. The van der Waals surface area contributed by atoms with E-state index in [0.29, 0.717) is 16.8 Å². The Labute approximate surface area is 172 Å². The summed E-state index contributed by atoms with van der Waals surface area (Å²) in [5.41, 5.74) is 2.71. The molecule has 0 bridgehead atoms. The standard InChI is InChI=1S/C21H25BrF2N2O2/c1-12(2)13(3)20(27)26-8-4-5-18(26)17-9-15(11-25-17)14-6-7-16(22)19(10-14)28-21(23)24/h6-7,10-13,18,21H,4-5,8-9H2,1-3H3/t13-,18-/m0/s1. The zero-order chi connectivity index (χ0) is 20.4. The molecular formula is C21H25BrF2N2O2. The fourth-order valence-corrected chi connectivity index (χ4v) is 3.98. The predicted octanol–water partition coefficient (Wildman–Crippen LogP) is 5.52. The van der Waals surface area contributed by atoms with Gasteiger partial charge in [0, 0.05) is 30.8 Å². The molecule has 2 atom stereocenters. The van der Waals surface area contributed by atoms with Crippen LogP contribution >= 0.6 is 15.9 Å². The Balaban J connectivity index is 1.71. The maximum Gasteiger partial charge on any atom is 0.387 e. The molecule has 2 aliphatic rings. The van der Waals surface area contributed by atoms with Gasteiger partial charge in [-0.3, -0.25) is 9.79 Å². The zero-order valence-electron chi connectivity index (χ0n) is 16.3. The highest BCUT2D eigenvalue weighted by Crippen LogP contribution is 2.35. The van der Waals surface area contributed by atoms with Crippen molar-refractivity contribution < 1.29 is 18.3 Å². The third kappa shape index (κ3) is 4.45. The number of hydrogen-bond donors (Lipinski definition) is 0. The van der Waals surface area contributed by atoms with Gasteiger partial charge in [0.15, 0.2) is 0 Å². The van der Waals surface area contributed by atoms with Gasteiger partial charge in [0.2, 0.25) is 5.91 Å². The molecule has 4 nitrogen and oxygen atoms in total. The van der Waals surface area contributed by atoms with Gasteiger partial charge >= 0.3 is 6.61 Å². The second-order valence-electron chi connectivity index (χ2n) is 7.70. The van der Waals surface area contributed by atoms with Crippen LogP contribution in [0.25, 0.3) is 5.57 Å². The van der Waals surface area contributed by atoms with Gasteiger partial charge in [-0.2, -0.15) is 8.78 Å². The fraction of sp³-hybridized carbons (Fsp3) is 0.524. The summed E-state index contributed by atoms with van der Waals surface area (Å²) in [7, 11) is 0. The number of amides is 1. The Kier molecular flexibility index (Phi) is 6.53. The summed E-state index contributed by atoms with van der Waals surface area (Å²) in [6.07, 6.45) is 4.27. The molecule has 0 N–H and O–H groups in total. The van der Waals surface area contributed by atoms with Crippen LogP contribution < -0.4 is 4.74 Å². The average molecular weight is 455 g/mol. The number of aliphatic imine (C=N–C) groups is 1. The van der Waals surface area contributed by atoms with E-state index in [1.165, 1.54) is 0 Å². The molecule has 1 aromatic carbocycles. The van der Waals surface area contributed by atoms with Crippen molar-refractivity contribution in [2.75, 3.05) is 6.54 Å². The molecule has 0 radical (unpaired) electrons. The van der Waals surface area contributed by atoms with Crippen molar-refractivity contribution >= 4 is 33.1 Å². The third-order valence-corrected chi connectivity index (χ3v) is 6.24. The third-order valence-electron chi connectivity index (χ3n) is 5.59. The monoisotopic (exact) mass is 454 g/mol. The summed E-state index contributed by atoms with van der Waals surface area (Å²) in [6.45, 7) is 3.99. The van der Waals surface area contributed by atoms with Crippen molar-refractivity contribution in [1.82, 2.24) is 4.90 Å². The Morgan fingerprint density at radius 3 is 2.75 bits per heavy atom. The van der Waals surface area contributed by atoms with E-state index >= 15 is 0 Å². The number of rotatable bonds is 6. The summed E-state index contributed by atoms with van der Waals surface area (Å²) < 4.78 is 30.2. The average Bonchev–Trinajstić information content (AvgIpc) is 3.30. The molecule has 2 heterocycles. The van der Waals surface area contributed by atoms with Gasteiger partial charge in [-0.05, 0) is 58.0 Å². The van der Waals surface area contributed by atoms with Gasteiger partial charge in [0.05, 0.1) is 10.5 Å².